The molecule has 0 aliphatic heterocycles. The summed E-state index contributed by atoms with van der Waals surface area (Å²) in [6.07, 6.45) is 8.07. The molecule has 1 heteroatoms. The molecule has 0 aromatic rings. The molecule has 0 bridgehead atoms. The minimum absolute atomic E-state index is 0.469. The van der Waals surface area contributed by atoms with Crippen LogP contribution in [0.2, 0.25) is 0 Å². The number of rotatable bonds is 2. The lowest BCUT2D eigenvalue weighted by molar-refractivity contribution is 0.640. The van der Waals surface area contributed by atoms with E-state index in [1.54, 1.807) is 0 Å². The summed E-state index contributed by atoms with van der Waals surface area (Å²) in [7, 11) is 0. The molecular formula is C13H17N. The maximum atomic E-state index is 8.53. The standard InChI is InChI=1S/C13H17N/c1-10(2)12-7-6-11(3)13(9-12)5-4-8-14/h5-7,11-12H,1,4,9H2,2-3H3. The van der Waals surface area contributed by atoms with Gasteiger partial charge in [0.25, 0.3) is 0 Å². The first kappa shape index (κ1) is 10.8. The Labute approximate surface area is 86.4 Å². The maximum absolute atomic E-state index is 8.53. The van der Waals surface area contributed by atoms with Crippen LogP contribution in [0.25, 0.3) is 0 Å². The molecule has 2 unspecified atom stereocenters. The number of allylic oxidation sites excluding steroid dienone is 5. The molecule has 2 atom stereocenters. The molecule has 0 saturated carbocycles. The van der Waals surface area contributed by atoms with Crippen LogP contribution in [0.1, 0.15) is 26.7 Å². The second kappa shape index (κ2) is 4.81. The molecule has 0 aromatic heterocycles. The summed E-state index contributed by atoms with van der Waals surface area (Å²) in [6, 6.07) is 2.16. The average molecular weight is 187 g/mol. The molecule has 1 aliphatic rings. The van der Waals surface area contributed by atoms with E-state index in [9.17, 15) is 0 Å². The molecule has 0 radical (unpaired) electrons. The molecule has 1 rings (SSSR count). The third-order valence-corrected chi connectivity index (χ3v) is 2.76. The van der Waals surface area contributed by atoms with Crippen molar-refractivity contribution < 1.29 is 0 Å². The Hall–Kier alpha value is -1.29. The molecule has 0 fully saturated rings. The van der Waals surface area contributed by atoms with Gasteiger partial charge in [-0.3, -0.25) is 0 Å². The minimum Gasteiger partial charge on any atom is -0.198 e. The number of nitrogens with zero attached hydrogens (tertiary/aromatic N) is 1. The van der Waals surface area contributed by atoms with Crippen LogP contribution in [0.15, 0.2) is 36.0 Å². The van der Waals surface area contributed by atoms with E-state index in [1.807, 2.05) is 0 Å². The summed E-state index contributed by atoms with van der Waals surface area (Å²) in [5.41, 5.74) is 2.58. The van der Waals surface area contributed by atoms with E-state index in [1.165, 1.54) is 11.1 Å². The van der Waals surface area contributed by atoms with Crippen molar-refractivity contribution in [1.82, 2.24) is 0 Å². The molecule has 1 aliphatic carbocycles. The fourth-order valence-electron chi connectivity index (χ4n) is 1.72. The van der Waals surface area contributed by atoms with Crippen molar-refractivity contribution >= 4 is 0 Å². The monoisotopic (exact) mass is 187 g/mol. The van der Waals surface area contributed by atoms with Gasteiger partial charge in [0.1, 0.15) is 0 Å². The van der Waals surface area contributed by atoms with Crippen molar-refractivity contribution in [2.45, 2.75) is 26.7 Å². The van der Waals surface area contributed by atoms with Crippen LogP contribution < -0.4 is 0 Å². The van der Waals surface area contributed by atoms with Crippen LogP contribution in [-0.4, -0.2) is 0 Å². The normalized spacial score (nSPS) is 28.8. The SMILES string of the molecule is C=C(C)C1C=CC(C)C(=CCC#N)C1. The Bertz CT molecular complexity index is 315. The predicted octanol–water partition coefficient (Wildman–Crippen LogP) is 3.61. The Morgan fingerprint density at radius 2 is 2.43 bits per heavy atom. The summed E-state index contributed by atoms with van der Waals surface area (Å²) in [5, 5.41) is 8.53. The molecule has 0 heterocycles. The first-order valence-corrected chi connectivity index (χ1v) is 5.04. The van der Waals surface area contributed by atoms with E-state index < -0.39 is 0 Å². The van der Waals surface area contributed by atoms with Crippen molar-refractivity contribution in [3.8, 4) is 6.07 Å². The van der Waals surface area contributed by atoms with E-state index in [4.69, 9.17) is 5.26 Å². The summed E-state index contributed by atoms with van der Waals surface area (Å²) < 4.78 is 0. The van der Waals surface area contributed by atoms with Crippen LogP contribution in [-0.2, 0) is 0 Å². The fraction of sp³-hybridized carbons (Fsp3) is 0.462. The Kier molecular flexibility index (Phi) is 3.71. The van der Waals surface area contributed by atoms with Crippen molar-refractivity contribution in [2.75, 3.05) is 0 Å². The highest BCUT2D eigenvalue weighted by Crippen LogP contribution is 2.31. The lowest BCUT2D eigenvalue weighted by atomic mass is 9.81. The lowest BCUT2D eigenvalue weighted by Crippen LogP contribution is -2.10. The van der Waals surface area contributed by atoms with Crippen LogP contribution in [0, 0.1) is 23.2 Å². The molecule has 14 heavy (non-hydrogen) atoms. The highest BCUT2D eigenvalue weighted by atomic mass is 14.2. The van der Waals surface area contributed by atoms with E-state index in [-0.39, 0.29) is 0 Å². The highest BCUT2D eigenvalue weighted by Gasteiger charge is 2.17. The molecule has 74 valence electrons. The smallest absolute Gasteiger partial charge is 0.0663 e. The van der Waals surface area contributed by atoms with Gasteiger partial charge < -0.3 is 0 Å². The molecular weight excluding hydrogens is 170 g/mol. The topological polar surface area (TPSA) is 23.8 Å². The van der Waals surface area contributed by atoms with Gasteiger partial charge >= 0.3 is 0 Å². The van der Waals surface area contributed by atoms with E-state index in [2.05, 4.69) is 44.7 Å². The summed E-state index contributed by atoms with van der Waals surface area (Å²) in [4.78, 5) is 0. The Balaban J connectivity index is 2.76. The first-order valence-electron chi connectivity index (χ1n) is 5.04. The number of hydrogen-bond acceptors (Lipinski definition) is 1. The van der Waals surface area contributed by atoms with E-state index >= 15 is 0 Å². The Morgan fingerprint density at radius 1 is 1.71 bits per heavy atom. The second-order valence-corrected chi connectivity index (χ2v) is 3.97. The summed E-state index contributed by atoms with van der Waals surface area (Å²) >= 11 is 0. The van der Waals surface area contributed by atoms with Gasteiger partial charge in [-0.15, -0.1) is 0 Å². The lowest BCUT2D eigenvalue weighted by Gasteiger charge is -2.24. The molecule has 0 saturated heterocycles. The third-order valence-electron chi connectivity index (χ3n) is 2.76. The zero-order chi connectivity index (χ0) is 10.6. The van der Waals surface area contributed by atoms with Gasteiger partial charge in [0.05, 0.1) is 12.5 Å². The highest BCUT2D eigenvalue weighted by molar-refractivity contribution is 5.25. The van der Waals surface area contributed by atoms with Gasteiger partial charge in [0.15, 0.2) is 0 Å². The first-order chi connectivity index (χ1) is 6.65. The van der Waals surface area contributed by atoms with Crippen molar-refractivity contribution in [1.29, 1.82) is 5.26 Å². The van der Waals surface area contributed by atoms with Crippen molar-refractivity contribution in [3.05, 3.63) is 36.0 Å². The molecule has 0 spiro atoms. The van der Waals surface area contributed by atoms with E-state index in [0.29, 0.717) is 18.3 Å². The van der Waals surface area contributed by atoms with Gasteiger partial charge in [-0.25, -0.2) is 0 Å². The zero-order valence-electron chi connectivity index (χ0n) is 8.96. The largest absolute Gasteiger partial charge is 0.198 e. The molecule has 0 aromatic carbocycles. The Morgan fingerprint density at radius 3 is 3.00 bits per heavy atom. The third kappa shape index (κ3) is 2.60. The molecule has 0 N–H and O–H groups in total. The van der Waals surface area contributed by atoms with Crippen LogP contribution in [0.5, 0.6) is 0 Å². The fourth-order valence-corrected chi connectivity index (χ4v) is 1.72. The number of nitriles is 1. The second-order valence-electron chi connectivity index (χ2n) is 3.97. The van der Waals surface area contributed by atoms with Gasteiger partial charge in [0, 0.05) is 5.92 Å². The van der Waals surface area contributed by atoms with Crippen molar-refractivity contribution in [3.63, 3.8) is 0 Å². The maximum Gasteiger partial charge on any atom is 0.0663 e. The van der Waals surface area contributed by atoms with Gasteiger partial charge in [0.2, 0.25) is 0 Å². The van der Waals surface area contributed by atoms with Crippen molar-refractivity contribution in [2.24, 2.45) is 11.8 Å². The minimum atomic E-state index is 0.469. The van der Waals surface area contributed by atoms with Crippen LogP contribution >= 0.6 is 0 Å². The predicted molar refractivity (Wildman–Crippen MR) is 59.5 cm³/mol. The van der Waals surface area contributed by atoms with Gasteiger partial charge in [-0.05, 0) is 19.3 Å². The van der Waals surface area contributed by atoms with Gasteiger partial charge in [-0.2, -0.15) is 5.26 Å². The van der Waals surface area contributed by atoms with Crippen LogP contribution in [0.3, 0.4) is 0 Å². The van der Waals surface area contributed by atoms with Crippen LogP contribution in [0.4, 0.5) is 0 Å². The summed E-state index contributed by atoms with van der Waals surface area (Å²) in [6.45, 7) is 8.21. The van der Waals surface area contributed by atoms with E-state index in [0.717, 1.165) is 6.42 Å². The summed E-state index contributed by atoms with van der Waals surface area (Å²) in [5.74, 6) is 0.954. The number of hydrogen-bond donors (Lipinski definition) is 0. The zero-order valence-corrected chi connectivity index (χ0v) is 8.96. The molecule has 1 nitrogen and oxygen atoms in total. The van der Waals surface area contributed by atoms with Gasteiger partial charge in [-0.1, -0.05) is 42.9 Å². The molecule has 0 amide bonds. The quantitative estimate of drug-likeness (QED) is 0.606. The average Bonchev–Trinajstić information content (AvgIpc) is 2.16.